The highest BCUT2D eigenvalue weighted by Gasteiger charge is 2.35. The summed E-state index contributed by atoms with van der Waals surface area (Å²) in [5, 5.41) is 6.64. The minimum Gasteiger partial charge on any atom is -0.398 e. The van der Waals surface area contributed by atoms with Crippen molar-refractivity contribution in [3.05, 3.63) is 65.3 Å². The molecule has 146 valence electrons. The number of halogens is 1. The molecule has 0 saturated carbocycles. The lowest BCUT2D eigenvalue weighted by atomic mass is 9.98. The molecule has 8 heteroatoms. The number of rotatable bonds is 3. The molecular formula is C20H23ClN6O. The van der Waals surface area contributed by atoms with Crippen LogP contribution in [0.3, 0.4) is 0 Å². The third kappa shape index (κ3) is 3.64. The van der Waals surface area contributed by atoms with E-state index in [0.717, 1.165) is 32.0 Å². The zero-order chi connectivity index (χ0) is 19.6. The molecule has 1 atom stereocenters. The summed E-state index contributed by atoms with van der Waals surface area (Å²) in [5.74, 6) is 0.495. The molecule has 0 aliphatic carbocycles. The van der Waals surface area contributed by atoms with Crippen molar-refractivity contribution in [1.82, 2.24) is 5.32 Å². The molecule has 0 radical (unpaired) electrons. The van der Waals surface area contributed by atoms with Crippen LogP contribution in [0.5, 0.6) is 0 Å². The van der Waals surface area contributed by atoms with Crippen LogP contribution in [0.25, 0.3) is 0 Å². The Kier molecular flexibility index (Phi) is 5.13. The number of hydrogen-bond donors (Lipinski definition) is 4. The molecule has 1 saturated heterocycles. The van der Waals surface area contributed by atoms with Gasteiger partial charge < -0.3 is 26.0 Å². The Morgan fingerprint density at radius 3 is 2.54 bits per heavy atom. The molecule has 1 unspecified atom stereocenters. The Hall–Kier alpha value is -2.74. The molecule has 0 amide bonds. The van der Waals surface area contributed by atoms with Crippen LogP contribution in [-0.2, 0) is 10.4 Å². The van der Waals surface area contributed by atoms with Gasteiger partial charge in [-0.15, -0.1) is 0 Å². The van der Waals surface area contributed by atoms with Crippen LogP contribution in [0.15, 0.2) is 64.8 Å². The molecule has 1 fully saturated rings. The number of morpholine rings is 1. The molecule has 2 aliphatic heterocycles. The predicted octanol–water partition coefficient (Wildman–Crippen LogP) is 2.37. The van der Waals surface area contributed by atoms with E-state index in [-0.39, 0.29) is 0 Å². The number of benzene rings is 2. The monoisotopic (exact) mass is 398 g/mol. The number of para-hydroxylation sites is 1. The minimum absolute atomic E-state index is 0.360. The number of nitrogens with zero attached hydrogens (tertiary/aromatic N) is 2. The summed E-state index contributed by atoms with van der Waals surface area (Å²) in [6, 6.07) is 15.5. The Balaban J connectivity index is 1.54. The average molecular weight is 399 g/mol. The van der Waals surface area contributed by atoms with E-state index in [1.165, 1.54) is 5.69 Å². The number of nitrogens with two attached hydrogens (primary N) is 2. The van der Waals surface area contributed by atoms with Gasteiger partial charge in [0.2, 0.25) is 5.96 Å². The lowest BCUT2D eigenvalue weighted by molar-refractivity contribution is 0.122. The second-order valence-electron chi connectivity index (χ2n) is 6.72. The summed E-state index contributed by atoms with van der Waals surface area (Å²) in [6.07, 6.45) is 1.63. The molecule has 6 N–H and O–H groups in total. The maximum absolute atomic E-state index is 6.52. The standard InChI is InChI=1S/C20H23ClN6O/c21-18-13-24-19(26-20(18,23)16-3-1-2-4-17(16)22)25-14-5-7-15(8-6-14)27-9-11-28-12-10-27/h1-8,13H,9-12,22-23H2,(H2,24,25,26). The smallest absolute Gasteiger partial charge is 0.202 e. The van der Waals surface area contributed by atoms with Crippen LogP contribution in [0.2, 0.25) is 0 Å². The van der Waals surface area contributed by atoms with Crippen molar-refractivity contribution in [3.8, 4) is 0 Å². The molecule has 7 nitrogen and oxygen atoms in total. The Morgan fingerprint density at radius 2 is 1.82 bits per heavy atom. The highest BCUT2D eigenvalue weighted by Crippen LogP contribution is 2.35. The molecule has 2 aliphatic rings. The number of guanidine groups is 1. The number of hydrogen-bond acceptors (Lipinski definition) is 7. The number of aliphatic imine (C=N–C) groups is 1. The second-order valence-corrected chi connectivity index (χ2v) is 7.13. The molecule has 4 rings (SSSR count). The molecule has 0 bridgehead atoms. The SMILES string of the molecule is Nc1ccccc1C1(N)N=C(Nc2ccc(N3CCOCC3)cc2)NC=C1Cl. The van der Waals surface area contributed by atoms with Crippen LogP contribution in [0.4, 0.5) is 17.1 Å². The third-order valence-corrected chi connectivity index (χ3v) is 5.26. The second kappa shape index (κ2) is 7.71. The lowest BCUT2D eigenvalue weighted by Crippen LogP contribution is -2.44. The summed E-state index contributed by atoms with van der Waals surface area (Å²) in [4.78, 5) is 6.90. The van der Waals surface area contributed by atoms with Gasteiger partial charge in [-0.3, -0.25) is 5.73 Å². The Morgan fingerprint density at radius 1 is 1.11 bits per heavy atom. The first-order valence-corrected chi connectivity index (χ1v) is 9.50. The largest absolute Gasteiger partial charge is 0.398 e. The first-order valence-electron chi connectivity index (χ1n) is 9.12. The van der Waals surface area contributed by atoms with Gasteiger partial charge in [-0.25, -0.2) is 4.99 Å². The van der Waals surface area contributed by atoms with Crippen LogP contribution < -0.4 is 27.0 Å². The van der Waals surface area contributed by atoms with E-state index in [1.807, 2.05) is 30.3 Å². The molecule has 2 aromatic rings. The third-order valence-electron chi connectivity index (χ3n) is 4.87. The molecule has 2 aromatic carbocycles. The molecule has 0 spiro atoms. The Labute approximate surface area is 169 Å². The normalized spacial score (nSPS) is 22.1. The topological polar surface area (TPSA) is 101 Å². The van der Waals surface area contributed by atoms with Crippen LogP contribution in [-0.4, -0.2) is 32.3 Å². The van der Waals surface area contributed by atoms with Crippen LogP contribution in [0.1, 0.15) is 5.56 Å². The maximum Gasteiger partial charge on any atom is 0.202 e. The maximum atomic E-state index is 6.52. The Bertz CT molecular complexity index is 907. The van der Waals surface area contributed by atoms with Gasteiger partial charge in [0, 0.05) is 41.9 Å². The molecular weight excluding hydrogens is 376 g/mol. The van der Waals surface area contributed by atoms with E-state index in [0.29, 0.717) is 22.2 Å². The van der Waals surface area contributed by atoms with Gasteiger partial charge in [-0.1, -0.05) is 29.8 Å². The van der Waals surface area contributed by atoms with Gasteiger partial charge in [-0.05, 0) is 30.3 Å². The van der Waals surface area contributed by atoms with E-state index in [2.05, 4.69) is 32.7 Å². The summed E-state index contributed by atoms with van der Waals surface area (Å²) < 4.78 is 5.40. The fourth-order valence-corrected chi connectivity index (χ4v) is 3.51. The number of nitrogens with one attached hydrogen (secondary N) is 2. The predicted molar refractivity (Wildman–Crippen MR) is 114 cm³/mol. The van der Waals surface area contributed by atoms with E-state index >= 15 is 0 Å². The first kappa shape index (κ1) is 18.6. The average Bonchev–Trinajstić information content (AvgIpc) is 2.72. The summed E-state index contributed by atoms with van der Waals surface area (Å²) >= 11 is 6.37. The van der Waals surface area contributed by atoms with Crippen molar-refractivity contribution in [2.45, 2.75) is 5.66 Å². The van der Waals surface area contributed by atoms with Crippen LogP contribution in [0, 0.1) is 0 Å². The fourth-order valence-electron chi connectivity index (χ4n) is 3.31. The van der Waals surface area contributed by atoms with Crippen molar-refractivity contribution in [2.75, 3.05) is 42.3 Å². The zero-order valence-electron chi connectivity index (χ0n) is 15.4. The van der Waals surface area contributed by atoms with Crippen molar-refractivity contribution in [1.29, 1.82) is 0 Å². The van der Waals surface area contributed by atoms with Gasteiger partial charge in [-0.2, -0.15) is 0 Å². The van der Waals surface area contributed by atoms with Gasteiger partial charge in [0.25, 0.3) is 0 Å². The highest BCUT2D eigenvalue weighted by molar-refractivity contribution is 6.31. The minimum atomic E-state index is -1.24. The van der Waals surface area contributed by atoms with E-state index in [9.17, 15) is 0 Å². The van der Waals surface area contributed by atoms with Gasteiger partial charge in [0.05, 0.1) is 18.2 Å². The van der Waals surface area contributed by atoms with Gasteiger partial charge >= 0.3 is 0 Å². The van der Waals surface area contributed by atoms with Crippen molar-refractivity contribution in [2.24, 2.45) is 10.7 Å². The van der Waals surface area contributed by atoms with E-state index in [1.54, 1.807) is 12.3 Å². The van der Waals surface area contributed by atoms with Gasteiger partial charge in [0.1, 0.15) is 0 Å². The molecule has 28 heavy (non-hydrogen) atoms. The number of ether oxygens (including phenoxy) is 1. The first-order chi connectivity index (χ1) is 13.6. The van der Waals surface area contributed by atoms with Crippen molar-refractivity contribution >= 4 is 34.6 Å². The quantitative estimate of drug-likeness (QED) is 0.592. The summed E-state index contributed by atoms with van der Waals surface area (Å²) in [6.45, 7) is 3.32. The van der Waals surface area contributed by atoms with Crippen molar-refractivity contribution in [3.63, 3.8) is 0 Å². The molecule has 2 heterocycles. The van der Waals surface area contributed by atoms with E-state index < -0.39 is 5.66 Å². The highest BCUT2D eigenvalue weighted by atomic mass is 35.5. The van der Waals surface area contributed by atoms with Crippen LogP contribution >= 0.6 is 11.6 Å². The van der Waals surface area contributed by atoms with E-state index in [4.69, 9.17) is 27.8 Å². The lowest BCUT2D eigenvalue weighted by Gasteiger charge is -2.31. The van der Waals surface area contributed by atoms with Crippen molar-refractivity contribution < 1.29 is 4.74 Å². The molecule has 0 aromatic heterocycles. The fraction of sp³-hybridized carbons (Fsp3) is 0.250. The number of nitrogen functional groups attached to an aromatic ring is 1. The summed E-state index contributed by atoms with van der Waals surface area (Å²) in [7, 11) is 0. The zero-order valence-corrected chi connectivity index (χ0v) is 16.1. The van der Waals surface area contributed by atoms with Gasteiger partial charge in [0.15, 0.2) is 5.66 Å². The number of anilines is 3. The summed E-state index contributed by atoms with van der Waals surface area (Å²) in [5.41, 5.74) is 14.6.